The summed E-state index contributed by atoms with van der Waals surface area (Å²) in [6.45, 7) is 2.73. The van der Waals surface area contributed by atoms with Crippen LogP contribution in [0.5, 0.6) is 0 Å². The van der Waals surface area contributed by atoms with Crippen molar-refractivity contribution in [1.29, 1.82) is 0 Å². The zero-order chi connectivity index (χ0) is 16.9. The van der Waals surface area contributed by atoms with Crippen LogP contribution in [-0.4, -0.2) is 58.8 Å². The fourth-order valence-corrected chi connectivity index (χ4v) is 3.21. The third kappa shape index (κ3) is 5.29. The van der Waals surface area contributed by atoms with E-state index in [0.717, 1.165) is 49.5 Å². The van der Waals surface area contributed by atoms with Crippen molar-refractivity contribution in [3.05, 3.63) is 42.2 Å². The summed E-state index contributed by atoms with van der Waals surface area (Å²) in [5.74, 6) is 0.0984. The summed E-state index contributed by atoms with van der Waals surface area (Å²) >= 11 is 0. The molecule has 1 aromatic carbocycles. The highest BCUT2D eigenvalue weighted by Crippen LogP contribution is 2.21. The molecule has 0 amide bonds. The van der Waals surface area contributed by atoms with Gasteiger partial charge in [-0.25, -0.2) is 0 Å². The van der Waals surface area contributed by atoms with Crippen molar-refractivity contribution in [2.75, 3.05) is 26.7 Å². The maximum Gasteiger partial charge on any atom is 0.317 e. The van der Waals surface area contributed by atoms with Crippen molar-refractivity contribution in [2.24, 2.45) is 0 Å². The first-order valence-corrected chi connectivity index (χ1v) is 8.27. The topological polar surface area (TPSA) is 69.8 Å². The van der Waals surface area contributed by atoms with E-state index in [9.17, 15) is 4.79 Å². The molecule has 2 aromatic rings. The fourth-order valence-electron chi connectivity index (χ4n) is 3.21. The molecule has 0 radical (unpaired) electrons. The Labute approximate surface area is 153 Å². The molecule has 2 heterocycles. The van der Waals surface area contributed by atoms with Gasteiger partial charge in [-0.3, -0.25) is 14.6 Å². The number of carboxylic acid groups (broad SMARTS) is 1. The van der Waals surface area contributed by atoms with Gasteiger partial charge in [0.25, 0.3) is 0 Å². The quantitative estimate of drug-likeness (QED) is 0.848. The molecule has 0 saturated carbocycles. The van der Waals surface area contributed by atoms with Gasteiger partial charge in [-0.1, -0.05) is 35.5 Å². The summed E-state index contributed by atoms with van der Waals surface area (Å²) in [7, 11) is 1.89. The van der Waals surface area contributed by atoms with Crippen LogP contribution in [0.25, 0.3) is 11.3 Å². The molecule has 136 valence electrons. The van der Waals surface area contributed by atoms with Crippen LogP contribution < -0.4 is 0 Å². The van der Waals surface area contributed by atoms with Gasteiger partial charge in [-0.2, -0.15) is 0 Å². The van der Waals surface area contributed by atoms with Gasteiger partial charge < -0.3 is 9.63 Å². The van der Waals surface area contributed by atoms with E-state index in [4.69, 9.17) is 9.63 Å². The lowest BCUT2D eigenvalue weighted by atomic mass is 10.0. The van der Waals surface area contributed by atoms with Gasteiger partial charge in [0, 0.05) is 30.8 Å². The second-order valence-electron chi connectivity index (χ2n) is 6.36. The van der Waals surface area contributed by atoms with Crippen molar-refractivity contribution in [1.82, 2.24) is 15.0 Å². The first-order chi connectivity index (χ1) is 11.6. The summed E-state index contributed by atoms with van der Waals surface area (Å²) < 4.78 is 5.47. The number of aliphatic carboxylic acids is 1. The molecule has 0 atom stereocenters. The normalized spacial score (nSPS) is 15.9. The van der Waals surface area contributed by atoms with Crippen LogP contribution in [0.1, 0.15) is 18.6 Å². The molecule has 1 fully saturated rings. The number of halogens is 1. The van der Waals surface area contributed by atoms with Gasteiger partial charge in [0.1, 0.15) is 5.69 Å². The third-order valence-corrected chi connectivity index (χ3v) is 4.57. The Hall–Kier alpha value is -1.89. The number of hydrogen-bond donors (Lipinski definition) is 1. The molecule has 1 aliphatic heterocycles. The number of nitrogens with zero attached hydrogens (tertiary/aromatic N) is 3. The molecular weight excluding hydrogens is 342 g/mol. The van der Waals surface area contributed by atoms with E-state index in [2.05, 4.69) is 10.1 Å². The lowest BCUT2D eigenvalue weighted by Crippen LogP contribution is -2.44. The van der Waals surface area contributed by atoms with Crippen molar-refractivity contribution in [3.8, 4) is 11.3 Å². The Balaban J connectivity index is 0.00000225. The van der Waals surface area contributed by atoms with Crippen molar-refractivity contribution >= 4 is 18.4 Å². The maximum atomic E-state index is 10.8. The van der Waals surface area contributed by atoms with Crippen LogP contribution in [0.15, 0.2) is 40.9 Å². The summed E-state index contributed by atoms with van der Waals surface area (Å²) in [5, 5.41) is 13.0. The van der Waals surface area contributed by atoms with E-state index in [-0.39, 0.29) is 19.0 Å². The van der Waals surface area contributed by atoms with Crippen LogP contribution in [0.3, 0.4) is 0 Å². The highest BCUT2D eigenvalue weighted by atomic mass is 35.5. The Kier molecular flexibility index (Phi) is 6.99. The van der Waals surface area contributed by atoms with Crippen molar-refractivity contribution in [3.63, 3.8) is 0 Å². The number of piperidine rings is 1. The molecular formula is C18H24ClN3O3. The Morgan fingerprint density at radius 2 is 2.00 bits per heavy atom. The maximum absolute atomic E-state index is 10.8. The Morgan fingerprint density at radius 3 is 2.64 bits per heavy atom. The fraction of sp³-hybridized carbons (Fsp3) is 0.444. The summed E-state index contributed by atoms with van der Waals surface area (Å²) in [5.41, 5.74) is 1.92. The second-order valence-corrected chi connectivity index (χ2v) is 6.36. The predicted molar refractivity (Wildman–Crippen MR) is 97.8 cm³/mol. The molecule has 0 aliphatic carbocycles. The molecule has 0 spiro atoms. The predicted octanol–water partition coefficient (Wildman–Crippen LogP) is 2.74. The number of aromatic nitrogens is 1. The molecule has 1 aliphatic rings. The Morgan fingerprint density at radius 1 is 1.32 bits per heavy atom. The van der Waals surface area contributed by atoms with Crippen molar-refractivity contribution in [2.45, 2.75) is 25.4 Å². The molecule has 0 unspecified atom stereocenters. The minimum Gasteiger partial charge on any atom is -0.480 e. The van der Waals surface area contributed by atoms with Crippen LogP contribution >= 0.6 is 12.4 Å². The van der Waals surface area contributed by atoms with E-state index in [1.165, 1.54) is 0 Å². The van der Waals surface area contributed by atoms with E-state index < -0.39 is 5.97 Å². The Bertz CT molecular complexity index is 669. The molecule has 7 heteroatoms. The molecule has 0 bridgehead atoms. The number of likely N-dealkylation sites (tertiary alicyclic amines) is 1. The minimum atomic E-state index is -0.768. The van der Waals surface area contributed by atoms with Gasteiger partial charge in [-0.15, -0.1) is 12.4 Å². The van der Waals surface area contributed by atoms with E-state index in [0.29, 0.717) is 6.04 Å². The molecule has 1 N–H and O–H groups in total. The highest BCUT2D eigenvalue weighted by Gasteiger charge is 2.24. The van der Waals surface area contributed by atoms with Crippen LogP contribution in [0, 0.1) is 0 Å². The van der Waals surface area contributed by atoms with Crippen LogP contribution in [0.2, 0.25) is 0 Å². The van der Waals surface area contributed by atoms with Crippen LogP contribution in [-0.2, 0) is 11.3 Å². The standard InChI is InChI=1S/C18H23N3O3.ClH/c1-20(13-18(22)23)15-7-9-21(10-8-15)12-16-11-17(19-24-16)14-5-3-2-4-6-14;/h2-6,11,15H,7-10,12-13H2,1H3,(H,22,23);1H. The molecule has 6 nitrogen and oxygen atoms in total. The number of hydrogen-bond acceptors (Lipinski definition) is 5. The number of carbonyl (C=O) groups is 1. The van der Waals surface area contributed by atoms with Gasteiger partial charge in [0.15, 0.2) is 5.76 Å². The van der Waals surface area contributed by atoms with Gasteiger partial charge in [0.05, 0.1) is 13.1 Å². The van der Waals surface area contributed by atoms with E-state index >= 15 is 0 Å². The lowest BCUT2D eigenvalue weighted by molar-refractivity contribution is -0.138. The summed E-state index contributed by atoms with van der Waals surface area (Å²) in [6.07, 6.45) is 1.95. The zero-order valence-corrected chi connectivity index (χ0v) is 15.1. The van der Waals surface area contributed by atoms with E-state index in [1.807, 2.05) is 48.3 Å². The molecule has 1 aromatic heterocycles. The van der Waals surface area contributed by atoms with Crippen molar-refractivity contribution < 1.29 is 14.4 Å². The van der Waals surface area contributed by atoms with Gasteiger partial charge >= 0.3 is 5.97 Å². The lowest BCUT2D eigenvalue weighted by Gasteiger charge is -2.35. The SMILES string of the molecule is CN(CC(=O)O)C1CCN(Cc2cc(-c3ccccc3)no2)CC1.Cl. The summed E-state index contributed by atoms with van der Waals surface area (Å²) in [6, 6.07) is 12.3. The molecule has 3 rings (SSSR count). The molecule has 1 saturated heterocycles. The van der Waals surface area contributed by atoms with Gasteiger partial charge in [0.2, 0.25) is 0 Å². The zero-order valence-electron chi connectivity index (χ0n) is 14.3. The molecule has 25 heavy (non-hydrogen) atoms. The largest absolute Gasteiger partial charge is 0.480 e. The number of benzene rings is 1. The highest BCUT2D eigenvalue weighted by molar-refractivity contribution is 5.85. The number of rotatable bonds is 6. The monoisotopic (exact) mass is 365 g/mol. The first kappa shape index (κ1) is 19.4. The number of carboxylic acids is 1. The van der Waals surface area contributed by atoms with Gasteiger partial charge in [-0.05, 0) is 19.9 Å². The number of likely N-dealkylation sites (N-methyl/N-ethyl adjacent to an activating group) is 1. The first-order valence-electron chi connectivity index (χ1n) is 8.27. The van der Waals surface area contributed by atoms with E-state index in [1.54, 1.807) is 0 Å². The summed E-state index contributed by atoms with van der Waals surface area (Å²) in [4.78, 5) is 15.1. The second kappa shape index (κ2) is 8.99. The average Bonchev–Trinajstić information content (AvgIpc) is 3.04. The van der Waals surface area contributed by atoms with Crippen LogP contribution in [0.4, 0.5) is 0 Å². The third-order valence-electron chi connectivity index (χ3n) is 4.57. The minimum absolute atomic E-state index is 0. The smallest absolute Gasteiger partial charge is 0.317 e. The average molecular weight is 366 g/mol.